The van der Waals surface area contributed by atoms with Crippen molar-refractivity contribution in [3.63, 3.8) is 0 Å². The molecule has 1 heterocycles. The Kier molecular flexibility index (Phi) is 14.2. The molecule has 0 unspecified atom stereocenters. The predicted molar refractivity (Wildman–Crippen MR) is 196 cm³/mol. The van der Waals surface area contributed by atoms with Gasteiger partial charge in [0, 0.05) is 49.1 Å². The monoisotopic (exact) mass is 934 g/mol. The largest absolute Gasteiger partial charge is 0.512 e. The number of alkyl halides is 7. The molecule has 1 N–H and O–H groups in total. The average Bonchev–Trinajstić information content (AvgIpc) is 3.09. The molecule has 12 heteroatoms. The Morgan fingerprint density at radius 1 is 0.722 bits per heavy atom. The summed E-state index contributed by atoms with van der Waals surface area (Å²) in [5.41, 5.74) is -6.77. The Balaban J connectivity index is 0.000000418. The fourth-order valence-corrected chi connectivity index (χ4v) is 6.48. The van der Waals surface area contributed by atoms with Gasteiger partial charge in [0.15, 0.2) is 5.78 Å². The van der Waals surface area contributed by atoms with Crippen LogP contribution in [0.5, 0.6) is 0 Å². The third-order valence-corrected chi connectivity index (χ3v) is 9.67. The van der Waals surface area contributed by atoms with Crippen LogP contribution in [0.3, 0.4) is 0 Å². The number of nitrogens with zero attached hydrogens (tertiary/aromatic N) is 2. The molecule has 0 aliphatic carbocycles. The Labute approximate surface area is 324 Å². The number of carbonyl (C=O) groups excluding carboxylic acids is 1. The number of halogens is 7. The quantitative estimate of drug-likeness (QED) is 0.0526. The van der Waals surface area contributed by atoms with Crippen molar-refractivity contribution in [2.45, 2.75) is 97.6 Å². The van der Waals surface area contributed by atoms with Crippen molar-refractivity contribution in [3.05, 3.63) is 95.9 Å². The molecule has 0 bridgehead atoms. The van der Waals surface area contributed by atoms with Crippen LogP contribution in [0.2, 0.25) is 0 Å². The standard InChI is InChI=1S/C29H20F7N2.C13H24O2.Ir/c1-26(2,3)23-15-19(12-18-10-6-7-11-20(18)23)24-21-13-16-8-4-5-9-17(16)14-22(21)25(38-37-24)27(30,28(31,32)33)29(34,35)36;1-5-10(6-2)12(14)9-13(15)11(7-3)8-4;/h4-11,13-15H,1-3H3;9-11,14H,5-8H2,1-4H3;/q-1;;/b;12-9-;. The van der Waals surface area contributed by atoms with E-state index >= 15 is 4.39 Å². The van der Waals surface area contributed by atoms with E-state index in [1.165, 1.54) is 18.2 Å². The van der Waals surface area contributed by atoms with E-state index in [0.29, 0.717) is 21.7 Å². The number of hydrogen-bond donors (Lipinski definition) is 1. The second-order valence-electron chi connectivity index (χ2n) is 14.2. The SMILES string of the molecule is CC(C)(C)c1cc(-c2nnc(C(F)(C(F)(F)F)C(F)(F)F)c3cc4ccccc4cc23)[c-]c2ccccc12.CCC(CC)C(=O)/C=C(\O)C(CC)CC.[Ir]. The number of aliphatic hydroxyl groups is 1. The maximum absolute atomic E-state index is 15.3. The van der Waals surface area contributed by atoms with Gasteiger partial charge in [-0.25, -0.2) is 4.39 Å². The molecule has 1 radical (unpaired) electrons. The van der Waals surface area contributed by atoms with Crippen LogP contribution in [-0.2, 0) is 36.0 Å². The van der Waals surface area contributed by atoms with Gasteiger partial charge in [-0.1, -0.05) is 108 Å². The molecule has 0 atom stereocenters. The Bertz CT molecular complexity index is 2100. The minimum atomic E-state index is -6.32. The first-order chi connectivity index (χ1) is 24.7. The van der Waals surface area contributed by atoms with Gasteiger partial charge in [0.2, 0.25) is 0 Å². The summed E-state index contributed by atoms with van der Waals surface area (Å²) in [6.07, 6.45) is -7.74. The number of fused-ring (bicyclic) bond motifs is 3. The number of carbonyl (C=O) groups is 1. The van der Waals surface area contributed by atoms with Crippen LogP contribution < -0.4 is 0 Å². The van der Waals surface area contributed by atoms with Crippen LogP contribution >= 0.6 is 0 Å². The van der Waals surface area contributed by atoms with Gasteiger partial charge in [-0.15, -0.1) is 29.1 Å². The molecule has 1 aromatic heterocycles. The van der Waals surface area contributed by atoms with Gasteiger partial charge < -0.3 is 5.11 Å². The van der Waals surface area contributed by atoms with Gasteiger partial charge in [-0.05, 0) is 53.3 Å². The van der Waals surface area contributed by atoms with Crippen molar-refractivity contribution in [2.75, 3.05) is 0 Å². The van der Waals surface area contributed by atoms with E-state index in [0.717, 1.165) is 42.7 Å². The summed E-state index contributed by atoms with van der Waals surface area (Å²) in [6.45, 7) is 14.0. The summed E-state index contributed by atoms with van der Waals surface area (Å²) in [5.74, 6) is 0.547. The second-order valence-corrected chi connectivity index (χ2v) is 14.2. The maximum Gasteiger partial charge on any atom is 0.437 e. The number of ketones is 1. The fourth-order valence-electron chi connectivity index (χ4n) is 6.48. The van der Waals surface area contributed by atoms with Crippen LogP contribution in [-0.4, -0.2) is 33.4 Å². The molecule has 54 heavy (non-hydrogen) atoms. The van der Waals surface area contributed by atoms with Gasteiger partial charge in [-0.2, -0.15) is 36.5 Å². The van der Waals surface area contributed by atoms with Crippen LogP contribution in [0, 0.1) is 17.9 Å². The molecule has 0 aliphatic heterocycles. The first-order valence-corrected chi connectivity index (χ1v) is 17.7. The predicted octanol–water partition coefficient (Wildman–Crippen LogP) is 12.9. The van der Waals surface area contributed by atoms with Crippen LogP contribution in [0.1, 0.15) is 85.4 Å². The molecule has 293 valence electrons. The molecule has 4 aromatic carbocycles. The summed E-state index contributed by atoms with van der Waals surface area (Å²) in [6, 6.07) is 21.2. The Hall–Kier alpha value is -3.89. The fraction of sp³-hybridized carbons (Fsp3) is 0.405. The molecule has 5 aromatic rings. The number of benzene rings is 4. The van der Waals surface area contributed by atoms with Crippen molar-refractivity contribution < 1.29 is 60.7 Å². The van der Waals surface area contributed by atoms with E-state index in [-0.39, 0.29) is 60.0 Å². The zero-order valence-electron chi connectivity index (χ0n) is 31.1. The minimum Gasteiger partial charge on any atom is -0.512 e. The third-order valence-electron chi connectivity index (χ3n) is 9.67. The molecule has 0 aliphatic rings. The maximum atomic E-state index is 15.3. The molecule has 4 nitrogen and oxygen atoms in total. The van der Waals surface area contributed by atoms with Crippen molar-refractivity contribution in [3.8, 4) is 11.3 Å². The number of aliphatic hydroxyl groups excluding tert-OH is 1. The zero-order chi connectivity index (χ0) is 39.5. The van der Waals surface area contributed by atoms with E-state index < -0.39 is 29.1 Å². The van der Waals surface area contributed by atoms with E-state index in [2.05, 4.69) is 16.3 Å². The minimum absolute atomic E-state index is 0. The van der Waals surface area contributed by atoms with E-state index in [9.17, 15) is 36.2 Å². The number of hydrogen-bond acceptors (Lipinski definition) is 4. The molecular weight excluding hydrogens is 890 g/mol. The summed E-state index contributed by atoms with van der Waals surface area (Å²) >= 11 is 0. The van der Waals surface area contributed by atoms with Crippen molar-refractivity contribution in [2.24, 2.45) is 11.8 Å². The number of aromatic nitrogens is 2. The van der Waals surface area contributed by atoms with E-state index in [1.54, 1.807) is 36.4 Å². The Morgan fingerprint density at radius 2 is 1.22 bits per heavy atom. The first kappa shape index (κ1) is 44.5. The Morgan fingerprint density at radius 3 is 1.72 bits per heavy atom. The zero-order valence-corrected chi connectivity index (χ0v) is 33.5. The smallest absolute Gasteiger partial charge is 0.437 e. The number of rotatable bonds is 9. The van der Waals surface area contributed by atoms with E-state index in [1.807, 2.05) is 60.6 Å². The molecular formula is C42H44F7IrN2O2-. The molecule has 0 fully saturated rings. The van der Waals surface area contributed by atoms with Crippen molar-refractivity contribution in [1.29, 1.82) is 0 Å². The topological polar surface area (TPSA) is 63.1 Å². The molecule has 0 spiro atoms. The van der Waals surface area contributed by atoms with Crippen LogP contribution in [0.4, 0.5) is 30.7 Å². The molecule has 0 saturated carbocycles. The van der Waals surface area contributed by atoms with Gasteiger partial charge in [0.05, 0.1) is 5.76 Å². The summed E-state index contributed by atoms with van der Waals surface area (Å²) in [5, 5.41) is 18.5. The number of allylic oxidation sites excluding steroid dienone is 2. The average molecular weight is 934 g/mol. The first-order valence-electron chi connectivity index (χ1n) is 17.7. The van der Waals surface area contributed by atoms with E-state index in [4.69, 9.17) is 0 Å². The summed E-state index contributed by atoms with van der Waals surface area (Å²) < 4.78 is 97.7. The summed E-state index contributed by atoms with van der Waals surface area (Å²) in [4.78, 5) is 11.7. The third kappa shape index (κ3) is 8.97. The second kappa shape index (κ2) is 17.3. The van der Waals surface area contributed by atoms with Crippen molar-refractivity contribution in [1.82, 2.24) is 10.2 Å². The van der Waals surface area contributed by atoms with Crippen LogP contribution in [0.25, 0.3) is 43.6 Å². The van der Waals surface area contributed by atoms with Gasteiger partial charge in [0.1, 0.15) is 5.69 Å². The van der Waals surface area contributed by atoms with Crippen molar-refractivity contribution >= 4 is 38.1 Å². The summed E-state index contributed by atoms with van der Waals surface area (Å²) in [7, 11) is 0. The molecule has 5 rings (SSSR count). The van der Waals surface area contributed by atoms with Crippen LogP contribution in [0.15, 0.2) is 78.6 Å². The molecule has 0 amide bonds. The van der Waals surface area contributed by atoms with Gasteiger partial charge in [-0.3, -0.25) is 4.79 Å². The molecule has 0 saturated heterocycles. The van der Waals surface area contributed by atoms with Gasteiger partial charge in [0.25, 0.3) is 0 Å². The normalized spacial score (nSPS) is 13.0. The van der Waals surface area contributed by atoms with Gasteiger partial charge >= 0.3 is 18.0 Å².